The first-order chi connectivity index (χ1) is 9.84. The smallest absolute Gasteiger partial charge is 0.303 e. The van der Waals surface area contributed by atoms with Gasteiger partial charge in [0.2, 0.25) is 0 Å². The molecule has 0 aliphatic heterocycles. The standard InChI is InChI=1S/C13H13F4NO3/c14-8-6-7(10(15)12(17)11(8)16)13(21)18-5-3-1-2-4-9(19)20/h6H,1-5H2,(H,18,21)(H,19,20). The lowest BCUT2D eigenvalue weighted by atomic mass is 10.1. The summed E-state index contributed by atoms with van der Waals surface area (Å²) in [6.45, 7) is 0.0819. The van der Waals surface area contributed by atoms with Gasteiger partial charge in [0, 0.05) is 13.0 Å². The molecule has 0 aromatic heterocycles. The van der Waals surface area contributed by atoms with Crippen LogP contribution in [0.15, 0.2) is 6.07 Å². The topological polar surface area (TPSA) is 66.4 Å². The highest BCUT2D eigenvalue weighted by Gasteiger charge is 2.22. The third kappa shape index (κ3) is 4.73. The molecular weight excluding hydrogens is 294 g/mol. The molecule has 0 spiro atoms. The fourth-order valence-electron chi connectivity index (χ4n) is 1.61. The number of hydrogen-bond donors (Lipinski definition) is 2. The maximum absolute atomic E-state index is 13.3. The molecule has 1 amide bonds. The van der Waals surface area contributed by atoms with Crippen LogP contribution in [0.2, 0.25) is 0 Å². The van der Waals surface area contributed by atoms with Gasteiger partial charge in [-0.3, -0.25) is 9.59 Å². The van der Waals surface area contributed by atoms with Gasteiger partial charge in [0.15, 0.2) is 23.3 Å². The van der Waals surface area contributed by atoms with E-state index in [-0.39, 0.29) is 19.0 Å². The number of carbonyl (C=O) groups is 2. The zero-order valence-electron chi connectivity index (χ0n) is 10.9. The first-order valence-electron chi connectivity index (χ1n) is 6.17. The van der Waals surface area contributed by atoms with Gasteiger partial charge in [0.25, 0.3) is 5.91 Å². The summed E-state index contributed by atoms with van der Waals surface area (Å²) < 4.78 is 51.9. The number of hydrogen-bond acceptors (Lipinski definition) is 2. The second kappa shape index (κ2) is 7.61. The number of unbranched alkanes of at least 4 members (excludes halogenated alkanes) is 2. The number of halogens is 4. The maximum atomic E-state index is 13.3. The van der Waals surface area contributed by atoms with Gasteiger partial charge in [0.1, 0.15) is 0 Å². The average molecular weight is 307 g/mol. The molecule has 0 radical (unpaired) electrons. The zero-order valence-corrected chi connectivity index (χ0v) is 10.9. The molecule has 4 nitrogen and oxygen atoms in total. The largest absolute Gasteiger partial charge is 0.481 e. The molecule has 0 aliphatic rings. The molecule has 21 heavy (non-hydrogen) atoms. The van der Waals surface area contributed by atoms with Crippen molar-refractivity contribution in [1.82, 2.24) is 5.32 Å². The molecule has 0 heterocycles. The van der Waals surface area contributed by atoms with Gasteiger partial charge in [-0.2, -0.15) is 0 Å². The molecule has 1 aromatic rings. The number of benzene rings is 1. The van der Waals surface area contributed by atoms with E-state index in [0.29, 0.717) is 19.3 Å². The fourth-order valence-corrected chi connectivity index (χ4v) is 1.61. The number of aliphatic carboxylic acids is 1. The van der Waals surface area contributed by atoms with Gasteiger partial charge in [-0.1, -0.05) is 6.42 Å². The predicted molar refractivity (Wildman–Crippen MR) is 64.7 cm³/mol. The Bertz CT molecular complexity index is 549. The molecule has 1 aromatic carbocycles. The van der Waals surface area contributed by atoms with Crippen LogP contribution < -0.4 is 5.32 Å². The Morgan fingerprint density at radius 3 is 2.29 bits per heavy atom. The van der Waals surface area contributed by atoms with Gasteiger partial charge < -0.3 is 10.4 Å². The number of rotatable bonds is 7. The van der Waals surface area contributed by atoms with Crippen molar-refractivity contribution in [3.05, 3.63) is 34.9 Å². The van der Waals surface area contributed by atoms with Crippen molar-refractivity contribution in [2.24, 2.45) is 0 Å². The lowest BCUT2D eigenvalue weighted by molar-refractivity contribution is -0.137. The minimum absolute atomic E-state index is 0.00302. The molecule has 1 rings (SSSR count). The predicted octanol–water partition coefficient (Wildman–Crippen LogP) is 2.62. The third-order valence-electron chi connectivity index (χ3n) is 2.70. The molecular formula is C13H13F4NO3. The molecule has 116 valence electrons. The Labute approximate surface area is 117 Å². The van der Waals surface area contributed by atoms with Crippen LogP contribution in [-0.2, 0) is 4.79 Å². The van der Waals surface area contributed by atoms with Crippen molar-refractivity contribution in [3.63, 3.8) is 0 Å². The van der Waals surface area contributed by atoms with Crippen LogP contribution in [-0.4, -0.2) is 23.5 Å². The van der Waals surface area contributed by atoms with Gasteiger partial charge in [-0.15, -0.1) is 0 Å². The highest BCUT2D eigenvalue weighted by Crippen LogP contribution is 2.18. The van der Waals surface area contributed by atoms with Gasteiger partial charge in [-0.05, 0) is 18.9 Å². The third-order valence-corrected chi connectivity index (χ3v) is 2.70. The van der Waals surface area contributed by atoms with Crippen LogP contribution in [0.5, 0.6) is 0 Å². The second-order valence-corrected chi connectivity index (χ2v) is 4.31. The number of amides is 1. The van der Waals surface area contributed by atoms with Crippen molar-refractivity contribution in [2.75, 3.05) is 6.54 Å². The molecule has 8 heteroatoms. The van der Waals surface area contributed by atoms with Crippen molar-refractivity contribution >= 4 is 11.9 Å². The van der Waals surface area contributed by atoms with E-state index in [0.717, 1.165) is 0 Å². The van der Waals surface area contributed by atoms with Crippen molar-refractivity contribution in [1.29, 1.82) is 0 Å². The highest BCUT2D eigenvalue weighted by atomic mass is 19.2. The molecule has 2 N–H and O–H groups in total. The fraction of sp³-hybridized carbons (Fsp3) is 0.385. The van der Waals surface area contributed by atoms with Crippen molar-refractivity contribution in [3.8, 4) is 0 Å². The van der Waals surface area contributed by atoms with E-state index in [1.54, 1.807) is 0 Å². The summed E-state index contributed by atoms with van der Waals surface area (Å²) in [5.74, 6) is -9.42. The Balaban J connectivity index is 2.52. The number of carboxylic acids is 1. The lowest BCUT2D eigenvalue weighted by Gasteiger charge is -2.07. The summed E-state index contributed by atoms with van der Waals surface area (Å²) >= 11 is 0. The van der Waals surface area contributed by atoms with Crippen LogP contribution in [0.1, 0.15) is 36.0 Å². The maximum Gasteiger partial charge on any atom is 0.303 e. The molecule has 0 atom stereocenters. The number of carbonyl (C=O) groups excluding carboxylic acids is 1. The highest BCUT2D eigenvalue weighted by molar-refractivity contribution is 5.94. The molecule has 0 saturated carbocycles. The summed E-state index contributed by atoms with van der Waals surface area (Å²) in [6.07, 6.45) is 1.35. The molecule has 0 saturated heterocycles. The summed E-state index contributed by atoms with van der Waals surface area (Å²) in [5, 5.41) is 10.6. The number of nitrogens with one attached hydrogen (secondary N) is 1. The van der Waals surface area contributed by atoms with Crippen LogP contribution in [0.3, 0.4) is 0 Å². The Kier molecular flexibility index (Phi) is 6.13. The summed E-state index contributed by atoms with van der Waals surface area (Å²) in [4.78, 5) is 21.8. The van der Waals surface area contributed by atoms with Crippen LogP contribution >= 0.6 is 0 Å². The van der Waals surface area contributed by atoms with Crippen LogP contribution in [0, 0.1) is 23.3 Å². The first-order valence-corrected chi connectivity index (χ1v) is 6.17. The minimum atomic E-state index is -2.04. The van der Waals surface area contributed by atoms with E-state index in [1.807, 2.05) is 0 Å². The van der Waals surface area contributed by atoms with E-state index in [9.17, 15) is 27.2 Å². The molecule has 0 aliphatic carbocycles. The van der Waals surface area contributed by atoms with Crippen molar-refractivity contribution < 1.29 is 32.3 Å². The van der Waals surface area contributed by atoms with E-state index < -0.39 is 40.7 Å². The van der Waals surface area contributed by atoms with Crippen molar-refractivity contribution in [2.45, 2.75) is 25.7 Å². The molecule has 0 unspecified atom stereocenters. The van der Waals surface area contributed by atoms with Gasteiger partial charge in [-0.25, -0.2) is 17.6 Å². The lowest BCUT2D eigenvalue weighted by Crippen LogP contribution is -2.26. The monoisotopic (exact) mass is 307 g/mol. The normalized spacial score (nSPS) is 10.5. The molecule has 0 bridgehead atoms. The van der Waals surface area contributed by atoms with Gasteiger partial charge in [0.05, 0.1) is 5.56 Å². The Morgan fingerprint density at radius 1 is 1.00 bits per heavy atom. The summed E-state index contributed by atoms with van der Waals surface area (Å²) in [6, 6.07) is 0.285. The zero-order chi connectivity index (χ0) is 16.0. The quantitative estimate of drug-likeness (QED) is 0.352. The number of carboxylic acid groups (broad SMARTS) is 1. The summed E-state index contributed by atoms with van der Waals surface area (Å²) in [5.41, 5.74) is -0.920. The first kappa shape index (κ1) is 16.9. The Morgan fingerprint density at radius 2 is 1.67 bits per heavy atom. The SMILES string of the molecule is O=C(O)CCCCCNC(=O)c1cc(F)c(F)c(F)c1F. The average Bonchev–Trinajstić information content (AvgIpc) is 2.43. The van der Waals surface area contributed by atoms with Crippen LogP contribution in [0.25, 0.3) is 0 Å². The minimum Gasteiger partial charge on any atom is -0.481 e. The van der Waals surface area contributed by atoms with Crippen LogP contribution in [0.4, 0.5) is 17.6 Å². The van der Waals surface area contributed by atoms with E-state index in [4.69, 9.17) is 5.11 Å². The Hall–Kier alpha value is -2.12. The van der Waals surface area contributed by atoms with E-state index in [2.05, 4.69) is 5.32 Å². The van der Waals surface area contributed by atoms with E-state index in [1.165, 1.54) is 0 Å². The summed E-state index contributed by atoms with van der Waals surface area (Å²) in [7, 11) is 0. The van der Waals surface area contributed by atoms with E-state index >= 15 is 0 Å². The second-order valence-electron chi connectivity index (χ2n) is 4.31. The molecule has 0 fully saturated rings. The van der Waals surface area contributed by atoms with Gasteiger partial charge >= 0.3 is 5.97 Å².